The molecule has 2 rings (SSSR count). The number of aliphatic hydroxyl groups excluding tert-OH is 2. The van der Waals surface area contributed by atoms with Crippen molar-refractivity contribution in [3.8, 4) is 0 Å². The molecule has 5 nitrogen and oxygen atoms in total. The van der Waals surface area contributed by atoms with Gasteiger partial charge in [0.05, 0.1) is 19.3 Å². The largest absolute Gasteiger partial charge is 0.394 e. The lowest BCUT2D eigenvalue weighted by Gasteiger charge is -2.33. The van der Waals surface area contributed by atoms with Gasteiger partial charge in [0, 0.05) is 26.2 Å². The molecule has 0 aromatic heterocycles. The van der Waals surface area contributed by atoms with Crippen molar-refractivity contribution in [1.29, 1.82) is 0 Å². The van der Waals surface area contributed by atoms with Crippen LogP contribution in [0.25, 0.3) is 0 Å². The van der Waals surface area contributed by atoms with Crippen LogP contribution in [-0.2, 0) is 4.74 Å². The number of nitrogens with one attached hydrogen (secondary N) is 1. The Balaban J connectivity index is 0.00000112. The Hall–Kier alpha value is 0.0900. The van der Waals surface area contributed by atoms with E-state index < -0.39 is 12.2 Å². The fourth-order valence-electron chi connectivity index (χ4n) is 2.16. The maximum absolute atomic E-state index is 9.85. The van der Waals surface area contributed by atoms with Gasteiger partial charge in [-0.1, -0.05) is 0 Å². The van der Waals surface area contributed by atoms with Crippen molar-refractivity contribution in [3.63, 3.8) is 0 Å². The zero-order chi connectivity index (χ0) is 9.97. The predicted molar refractivity (Wildman–Crippen MR) is 58.3 cm³/mol. The molecule has 2 heterocycles. The van der Waals surface area contributed by atoms with Crippen LogP contribution in [0.15, 0.2) is 0 Å². The summed E-state index contributed by atoms with van der Waals surface area (Å²) < 4.78 is 5.32. The third-order valence-electron chi connectivity index (χ3n) is 3.06. The number of piperazine rings is 1. The fraction of sp³-hybridized carbons (Fsp3) is 1.00. The van der Waals surface area contributed by atoms with Crippen molar-refractivity contribution in [2.75, 3.05) is 39.4 Å². The van der Waals surface area contributed by atoms with Gasteiger partial charge in [-0.2, -0.15) is 0 Å². The molecule has 0 saturated carbocycles. The van der Waals surface area contributed by atoms with E-state index in [-0.39, 0.29) is 25.1 Å². The van der Waals surface area contributed by atoms with E-state index in [2.05, 4.69) is 10.2 Å². The van der Waals surface area contributed by atoms with E-state index in [1.807, 2.05) is 0 Å². The Kier molecular flexibility index (Phi) is 5.25. The average molecular weight is 239 g/mol. The summed E-state index contributed by atoms with van der Waals surface area (Å²) in [4.78, 5) is 2.23. The van der Waals surface area contributed by atoms with Crippen LogP contribution in [0.5, 0.6) is 0 Å². The summed E-state index contributed by atoms with van der Waals surface area (Å²) in [5, 5.41) is 22.1. The van der Waals surface area contributed by atoms with E-state index in [0.29, 0.717) is 6.61 Å². The number of hydrogen-bond acceptors (Lipinski definition) is 5. The zero-order valence-corrected chi connectivity index (χ0v) is 9.45. The van der Waals surface area contributed by atoms with Crippen LogP contribution in [0.3, 0.4) is 0 Å². The number of aliphatic hydroxyl groups is 2. The van der Waals surface area contributed by atoms with E-state index in [9.17, 15) is 5.11 Å². The molecule has 3 atom stereocenters. The van der Waals surface area contributed by atoms with Crippen molar-refractivity contribution in [1.82, 2.24) is 10.2 Å². The normalized spacial score (nSPS) is 37.6. The van der Waals surface area contributed by atoms with Gasteiger partial charge in [-0.15, -0.1) is 12.4 Å². The van der Waals surface area contributed by atoms with Crippen LogP contribution in [-0.4, -0.2) is 72.8 Å². The van der Waals surface area contributed by atoms with Gasteiger partial charge in [0.15, 0.2) is 0 Å². The molecule has 2 aliphatic rings. The molecule has 3 N–H and O–H groups in total. The van der Waals surface area contributed by atoms with E-state index in [1.165, 1.54) is 0 Å². The molecule has 0 aliphatic carbocycles. The van der Waals surface area contributed by atoms with Gasteiger partial charge in [-0.25, -0.2) is 0 Å². The van der Waals surface area contributed by atoms with Gasteiger partial charge in [0.25, 0.3) is 0 Å². The molecule has 2 fully saturated rings. The Morgan fingerprint density at radius 2 is 2.00 bits per heavy atom. The lowest BCUT2D eigenvalue weighted by molar-refractivity contribution is -0.00210. The highest BCUT2D eigenvalue weighted by Crippen LogP contribution is 2.19. The molecule has 0 unspecified atom stereocenters. The number of ether oxygens (including phenoxy) is 1. The van der Waals surface area contributed by atoms with E-state index >= 15 is 0 Å². The molecule has 0 spiro atoms. The first kappa shape index (κ1) is 13.2. The third kappa shape index (κ3) is 2.81. The quantitative estimate of drug-likeness (QED) is 0.543. The second-order valence-electron chi connectivity index (χ2n) is 3.90. The molecule has 0 amide bonds. The predicted octanol–water partition coefficient (Wildman–Crippen LogP) is -1.57. The Labute approximate surface area is 95.8 Å². The van der Waals surface area contributed by atoms with Crippen LogP contribution in [0.1, 0.15) is 0 Å². The minimum Gasteiger partial charge on any atom is -0.394 e. The monoisotopic (exact) mass is 238 g/mol. The van der Waals surface area contributed by atoms with Gasteiger partial charge in [-0.3, -0.25) is 4.90 Å². The van der Waals surface area contributed by atoms with Crippen LogP contribution in [0, 0.1) is 0 Å². The van der Waals surface area contributed by atoms with Gasteiger partial charge >= 0.3 is 0 Å². The second kappa shape index (κ2) is 5.98. The van der Waals surface area contributed by atoms with Crippen molar-refractivity contribution in [2.24, 2.45) is 0 Å². The summed E-state index contributed by atoms with van der Waals surface area (Å²) in [7, 11) is 0. The molecule has 2 saturated heterocycles. The molecule has 2 aliphatic heterocycles. The Morgan fingerprint density at radius 3 is 2.53 bits per heavy atom. The summed E-state index contributed by atoms with van der Waals surface area (Å²) in [6.45, 7) is 4.27. The number of rotatable bonds is 2. The van der Waals surface area contributed by atoms with Crippen LogP contribution >= 0.6 is 12.4 Å². The maximum atomic E-state index is 9.85. The van der Waals surface area contributed by atoms with Gasteiger partial charge in [-0.05, 0) is 0 Å². The van der Waals surface area contributed by atoms with E-state index in [1.54, 1.807) is 0 Å². The molecule has 90 valence electrons. The van der Waals surface area contributed by atoms with Gasteiger partial charge < -0.3 is 20.3 Å². The first-order valence-electron chi connectivity index (χ1n) is 5.18. The summed E-state index contributed by atoms with van der Waals surface area (Å²) in [6, 6.07) is 0.0641. The minimum absolute atomic E-state index is 0. The second-order valence-corrected chi connectivity index (χ2v) is 3.90. The molecular weight excluding hydrogens is 220 g/mol. The third-order valence-corrected chi connectivity index (χ3v) is 3.06. The van der Waals surface area contributed by atoms with E-state index in [4.69, 9.17) is 9.84 Å². The standard InChI is InChI=1S/C9H18N2O3.ClH/c12-5-8-9(13)7(6-14-8)11-3-1-10-2-4-11;/h7-10,12-13H,1-6H2;1H/t7-,8+,9-;/m0./s1. The SMILES string of the molecule is Cl.OC[C@H]1OC[C@H](N2CCNCC2)[C@@H]1O. The Morgan fingerprint density at radius 1 is 1.33 bits per heavy atom. The highest BCUT2D eigenvalue weighted by Gasteiger charge is 2.38. The minimum atomic E-state index is -0.543. The number of hydrogen-bond donors (Lipinski definition) is 3. The average Bonchev–Trinajstić information content (AvgIpc) is 2.61. The van der Waals surface area contributed by atoms with Crippen molar-refractivity contribution in [3.05, 3.63) is 0 Å². The first-order chi connectivity index (χ1) is 6.83. The molecular formula is C9H19ClN2O3. The summed E-state index contributed by atoms with van der Waals surface area (Å²) in [5.74, 6) is 0. The molecule has 6 heteroatoms. The molecule has 0 bridgehead atoms. The van der Waals surface area contributed by atoms with Crippen molar-refractivity contribution in [2.45, 2.75) is 18.2 Å². The molecule has 15 heavy (non-hydrogen) atoms. The summed E-state index contributed by atoms with van der Waals surface area (Å²) >= 11 is 0. The summed E-state index contributed by atoms with van der Waals surface area (Å²) in [5.41, 5.74) is 0. The Bertz CT molecular complexity index is 190. The smallest absolute Gasteiger partial charge is 0.108 e. The molecule has 0 radical (unpaired) electrons. The maximum Gasteiger partial charge on any atom is 0.108 e. The first-order valence-corrected chi connectivity index (χ1v) is 5.18. The topological polar surface area (TPSA) is 65.0 Å². The van der Waals surface area contributed by atoms with Crippen LogP contribution in [0.4, 0.5) is 0 Å². The van der Waals surface area contributed by atoms with Gasteiger partial charge in [0.1, 0.15) is 12.2 Å². The fourth-order valence-corrected chi connectivity index (χ4v) is 2.16. The number of nitrogens with zero attached hydrogens (tertiary/aromatic N) is 1. The van der Waals surface area contributed by atoms with Gasteiger partial charge in [0.2, 0.25) is 0 Å². The van der Waals surface area contributed by atoms with E-state index in [0.717, 1.165) is 26.2 Å². The summed E-state index contributed by atoms with van der Waals surface area (Å²) in [6.07, 6.45) is -0.937. The van der Waals surface area contributed by atoms with Crippen LogP contribution in [0.2, 0.25) is 0 Å². The molecule has 0 aromatic carbocycles. The van der Waals surface area contributed by atoms with Crippen molar-refractivity contribution >= 4 is 12.4 Å². The van der Waals surface area contributed by atoms with Crippen molar-refractivity contribution < 1.29 is 14.9 Å². The lowest BCUT2D eigenvalue weighted by Crippen LogP contribution is -2.53. The zero-order valence-electron chi connectivity index (χ0n) is 8.63. The highest BCUT2D eigenvalue weighted by atomic mass is 35.5. The highest BCUT2D eigenvalue weighted by molar-refractivity contribution is 5.85. The molecule has 0 aromatic rings. The van der Waals surface area contributed by atoms with Crippen LogP contribution < -0.4 is 5.32 Å². The number of halogens is 1. The lowest BCUT2D eigenvalue weighted by atomic mass is 10.1.